The molecule has 1 atom stereocenters. The number of rotatable bonds is 3. The lowest BCUT2D eigenvalue weighted by atomic mass is 9.74. The van der Waals surface area contributed by atoms with E-state index in [1.807, 2.05) is 13.8 Å². The minimum atomic E-state index is -0.495. The Hall–Kier alpha value is -1.13. The van der Waals surface area contributed by atoms with Crippen LogP contribution in [0.4, 0.5) is 10.1 Å². The van der Waals surface area contributed by atoms with Gasteiger partial charge in [-0.15, -0.1) is 0 Å². The van der Waals surface area contributed by atoms with E-state index < -0.39 is 11.2 Å². The summed E-state index contributed by atoms with van der Waals surface area (Å²) in [5.41, 5.74) is -0.0413. The van der Waals surface area contributed by atoms with Gasteiger partial charge in [0.1, 0.15) is 5.82 Å². The maximum absolute atomic E-state index is 13.0. The number of piperidine rings is 1. The SMILES string of the molecule is CC(C)(C(=O)Nc1ccc(F)cc1Cl)C1CCCNC1. The highest BCUT2D eigenvalue weighted by Gasteiger charge is 2.37. The molecular formula is C15H20ClFN2O. The second-order valence-corrected chi connectivity index (χ2v) is 6.25. The van der Waals surface area contributed by atoms with E-state index in [9.17, 15) is 9.18 Å². The van der Waals surface area contributed by atoms with E-state index in [-0.39, 0.29) is 16.8 Å². The van der Waals surface area contributed by atoms with Crippen LogP contribution in [0.5, 0.6) is 0 Å². The summed E-state index contributed by atoms with van der Waals surface area (Å²) in [6, 6.07) is 3.98. The third-order valence-electron chi connectivity index (χ3n) is 4.08. The van der Waals surface area contributed by atoms with E-state index in [0.717, 1.165) is 25.9 Å². The van der Waals surface area contributed by atoms with Gasteiger partial charge in [0.2, 0.25) is 5.91 Å². The van der Waals surface area contributed by atoms with Gasteiger partial charge in [0.05, 0.1) is 10.7 Å². The van der Waals surface area contributed by atoms with E-state index in [0.29, 0.717) is 5.69 Å². The summed E-state index contributed by atoms with van der Waals surface area (Å²) < 4.78 is 13.0. The van der Waals surface area contributed by atoms with Gasteiger partial charge in [0.15, 0.2) is 0 Å². The molecule has 0 aromatic heterocycles. The van der Waals surface area contributed by atoms with Crippen LogP contribution in [-0.2, 0) is 4.79 Å². The Bertz CT molecular complexity index is 499. The first kappa shape index (κ1) is 15.3. The molecule has 0 spiro atoms. The molecule has 3 nitrogen and oxygen atoms in total. The molecule has 1 aliphatic heterocycles. The predicted octanol–water partition coefficient (Wildman–Crippen LogP) is 3.44. The maximum atomic E-state index is 13.0. The molecule has 5 heteroatoms. The summed E-state index contributed by atoms with van der Waals surface area (Å²) in [4.78, 5) is 12.5. The summed E-state index contributed by atoms with van der Waals surface area (Å²) >= 11 is 5.94. The van der Waals surface area contributed by atoms with Crippen LogP contribution in [0.3, 0.4) is 0 Å². The highest BCUT2D eigenvalue weighted by Crippen LogP contribution is 2.34. The molecule has 0 saturated carbocycles. The van der Waals surface area contributed by atoms with E-state index >= 15 is 0 Å². The van der Waals surface area contributed by atoms with Crippen molar-refractivity contribution in [2.24, 2.45) is 11.3 Å². The quantitative estimate of drug-likeness (QED) is 0.897. The fraction of sp³-hybridized carbons (Fsp3) is 0.533. The first-order valence-corrected chi connectivity index (χ1v) is 7.26. The summed E-state index contributed by atoms with van der Waals surface area (Å²) in [5.74, 6) is -0.209. The number of carbonyl (C=O) groups excluding carboxylic acids is 1. The van der Waals surface area contributed by atoms with Gasteiger partial charge in [-0.05, 0) is 50.0 Å². The van der Waals surface area contributed by atoms with Crippen molar-refractivity contribution in [3.63, 3.8) is 0 Å². The van der Waals surface area contributed by atoms with E-state index in [1.54, 1.807) is 0 Å². The number of anilines is 1. The number of amides is 1. The molecule has 1 amide bonds. The van der Waals surface area contributed by atoms with Crippen molar-refractivity contribution in [3.05, 3.63) is 29.0 Å². The molecule has 20 heavy (non-hydrogen) atoms. The molecule has 2 N–H and O–H groups in total. The van der Waals surface area contributed by atoms with Crippen LogP contribution in [-0.4, -0.2) is 19.0 Å². The minimum absolute atomic E-state index is 0.0836. The molecule has 1 aliphatic rings. The Balaban J connectivity index is 2.09. The van der Waals surface area contributed by atoms with Crippen LogP contribution >= 0.6 is 11.6 Å². The monoisotopic (exact) mass is 298 g/mol. The average Bonchev–Trinajstić information content (AvgIpc) is 2.42. The largest absolute Gasteiger partial charge is 0.324 e. The third-order valence-corrected chi connectivity index (χ3v) is 4.39. The molecule has 1 aromatic carbocycles. The zero-order valence-corrected chi connectivity index (χ0v) is 12.6. The van der Waals surface area contributed by atoms with Crippen molar-refractivity contribution >= 4 is 23.2 Å². The Morgan fingerprint density at radius 1 is 1.50 bits per heavy atom. The Labute approximate surface area is 123 Å². The van der Waals surface area contributed by atoms with Gasteiger partial charge in [-0.2, -0.15) is 0 Å². The molecule has 2 rings (SSSR count). The Kier molecular flexibility index (Phi) is 4.66. The number of hydrogen-bond acceptors (Lipinski definition) is 2. The second kappa shape index (κ2) is 6.10. The van der Waals surface area contributed by atoms with Crippen molar-refractivity contribution in [2.45, 2.75) is 26.7 Å². The van der Waals surface area contributed by atoms with Gasteiger partial charge < -0.3 is 10.6 Å². The van der Waals surface area contributed by atoms with Gasteiger partial charge in [-0.3, -0.25) is 4.79 Å². The van der Waals surface area contributed by atoms with Gasteiger partial charge in [-0.1, -0.05) is 25.4 Å². The molecule has 1 fully saturated rings. The number of nitrogens with one attached hydrogen (secondary N) is 2. The van der Waals surface area contributed by atoms with Gasteiger partial charge in [0.25, 0.3) is 0 Å². The predicted molar refractivity (Wildman–Crippen MR) is 79.4 cm³/mol. The van der Waals surface area contributed by atoms with Crippen molar-refractivity contribution < 1.29 is 9.18 Å². The second-order valence-electron chi connectivity index (χ2n) is 5.84. The maximum Gasteiger partial charge on any atom is 0.230 e. The molecule has 0 radical (unpaired) electrons. The molecule has 1 heterocycles. The number of carbonyl (C=O) groups is 1. The van der Waals surface area contributed by atoms with Crippen molar-refractivity contribution in [1.29, 1.82) is 0 Å². The van der Waals surface area contributed by atoms with Crippen molar-refractivity contribution in [3.8, 4) is 0 Å². The fourth-order valence-electron chi connectivity index (χ4n) is 2.53. The summed E-state index contributed by atoms with van der Waals surface area (Å²) in [5, 5.41) is 6.35. The summed E-state index contributed by atoms with van der Waals surface area (Å²) in [6.45, 7) is 5.74. The Morgan fingerprint density at radius 3 is 2.85 bits per heavy atom. The van der Waals surface area contributed by atoms with E-state index in [4.69, 9.17) is 11.6 Å². The summed E-state index contributed by atoms with van der Waals surface area (Å²) in [7, 11) is 0. The molecule has 1 unspecified atom stereocenters. The number of hydrogen-bond donors (Lipinski definition) is 2. The van der Waals surface area contributed by atoms with Crippen LogP contribution < -0.4 is 10.6 Å². The first-order valence-electron chi connectivity index (χ1n) is 6.88. The zero-order chi connectivity index (χ0) is 14.8. The summed E-state index contributed by atoms with van der Waals surface area (Å²) in [6.07, 6.45) is 2.11. The fourth-order valence-corrected chi connectivity index (χ4v) is 2.74. The van der Waals surface area contributed by atoms with E-state index in [1.165, 1.54) is 18.2 Å². The highest BCUT2D eigenvalue weighted by atomic mass is 35.5. The number of benzene rings is 1. The van der Waals surface area contributed by atoms with Crippen LogP contribution in [0.15, 0.2) is 18.2 Å². The highest BCUT2D eigenvalue weighted by molar-refractivity contribution is 6.33. The zero-order valence-electron chi connectivity index (χ0n) is 11.8. The van der Waals surface area contributed by atoms with Gasteiger partial charge in [-0.25, -0.2) is 4.39 Å². The molecule has 1 saturated heterocycles. The van der Waals surface area contributed by atoms with Crippen molar-refractivity contribution in [1.82, 2.24) is 5.32 Å². The van der Waals surface area contributed by atoms with E-state index in [2.05, 4.69) is 10.6 Å². The topological polar surface area (TPSA) is 41.1 Å². The van der Waals surface area contributed by atoms with Crippen LogP contribution in [0.2, 0.25) is 5.02 Å². The van der Waals surface area contributed by atoms with Crippen LogP contribution in [0, 0.1) is 17.2 Å². The van der Waals surface area contributed by atoms with Crippen LogP contribution in [0.25, 0.3) is 0 Å². The first-order chi connectivity index (χ1) is 9.41. The third kappa shape index (κ3) is 3.30. The van der Waals surface area contributed by atoms with Crippen molar-refractivity contribution in [2.75, 3.05) is 18.4 Å². The Morgan fingerprint density at radius 2 is 2.25 bits per heavy atom. The lowest BCUT2D eigenvalue weighted by Crippen LogP contribution is -2.44. The van der Waals surface area contributed by atoms with Crippen LogP contribution in [0.1, 0.15) is 26.7 Å². The lowest BCUT2D eigenvalue weighted by molar-refractivity contribution is -0.127. The molecule has 110 valence electrons. The molecule has 0 bridgehead atoms. The average molecular weight is 299 g/mol. The van der Waals surface area contributed by atoms with Gasteiger partial charge in [0, 0.05) is 5.41 Å². The molecular weight excluding hydrogens is 279 g/mol. The molecule has 1 aromatic rings. The lowest BCUT2D eigenvalue weighted by Gasteiger charge is -2.36. The normalized spacial score (nSPS) is 19.7. The minimum Gasteiger partial charge on any atom is -0.324 e. The number of halogens is 2. The van der Waals surface area contributed by atoms with Gasteiger partial charge >= 0.3 is 0 Å². The smallest absolute Gasteiger partial charge is 0.230 e. The molecule has 0 aliphatic carbocycles. The standard InChI is InChI=1S/C15H20ClFN2O/c1-15(2,10-4-3-7-18-9-10)14(20)19-13-6-5-11(17)8-12(13)16/h5-6,8,10,18H,3-4,7,9H2,1-2H3,(H,19,20).